The Bertz CT molecular complexity index is 1110. The molecule has 186 valence electrons. The summed E-state index contributed by atoms with van der Waals surface area (Å²) >= 11 is 6.32. The summed E-state index contributed by atoms with van der Waals surface area (Å²) in [5.41, 5.74) is 0.874. The van der Waals surface area contributed by atoms with Crippen molar-refractivity contribution in [2.75, 3.05) is 24.2 Å². The van der Waals surface area contributed by atoms with Crippen LogP contribution in [0.25, 0.3) is 0 Å². The van der Waals surface area contributed by atoms with Crippen LogP contribution in [0.2, 0.25) is 5.02 Å². The molecule has 34 heavy (non-hydrogen) atoms. The van der Waals surface area contributed by atoms with Crippen LogP contribution in [0.5, 0.6) is 5.75 Å². The molecule has 2 aromatic rings. The topological polar surface area (TPSA) is 96.0 Å². The average Bonchev–Trinajstić information content (AvgIpc) is 2.80. The Labute approximate surface area is 206 Å². The van der Waals surface area contributed by atoms with E-state index in [0.29, 0.717) is 16.3 Å². The molecule has 2 rings (SSSR count). The Morgan fingerprint density at radius 2 is 1.71 bits per heavy atom. The largest absolute Gasteiger partial charge is 0.495 e. The van der Waals surface area contributed by atoms with Gasteiger partial charge >= 0.3 is 0 Å². The van der Waals surface area contributed by atoms with Crippen molar-refractivity contribution >= 4 is 39.1 Å². The number of sulfonamides is 1. The summed E-state index contributed by atoms with van der Waals surface area (Å²) in [5.74, 6) is -0.582. The van der Waals surface area contributed by atoms with Gasteiger partial charge in [-0.15, -0.1) is 0 Å². The van der Waals surface area contributed by atoms with Gasteiger partial charge in [0.1, 0.15) is 18.3 Å². The van der Waals surface area contributed by atoms with E-state index < -0.39 is 28.5 Å². The zero-order valence-corrected chi connectivity index (χ0v) is 21.7. The summed E-state index contributed by atoms with van der Waals surface area (Å²) in [6.07, 6.45) is 1.75. The normalized spacial score (nSPS) is 13.0. The molecule has 0 aliphatic heterocycles. The van der Waals surface area contributed by atoms with Gasteiger partial charge in [0.05, 0.1) is 19.1 Å². The molecule has 2 aromatic carbocycles. The fourth-order valence-electron chi connectivity index (χ4n) is 3.29. The van der Waals surface area contributed by atoms with Gasteiger partial charge in [0.2, 0.25) is 21.8 Å². The van der Waals surface area contributed by atoms with E-state index in [0.717, 1.165) is 17.0 Å². The van der Waals surface area contributed by atoms with Gasteiger partial charge in [0, 0.05) is 17.6 Å². The number of ether oxygens (including phenoxy) is 1. The predicted octanol–water partition coefficient (Wildman–Crippen LogP) is 3.45. The number of para-hydroxylation sites is 2. The highest BCUT2D eigenvalue weighted by Crippen LogP contribution is 2.30. The molecule has 0 aromatic heterocycles. The number of nitrogens with zero attached hydrogens (tertiary/aromatic N) is 2. The summed E-state index contributed by atoms with van der Waals surface area (Å²) < 4.78 is 31.6. The van der Waals surface area contributed by atoms with Crippen LogP contribution < -0.4 is 14.4 Å². The molecule has 0 unspecified atom stereocenters. The molecule has 8 nitrogen and oxygen atoms in total. The van der Waals surface area contributed by atoms with Crippen molar-refractivity contribution in [3.63, 3.8) is 0 Å². The summed E-state index contributed by atoms with van der Waals surface area (Å²) in [4.78, 5) is 27.8. The van der Waals surface area contributed by atoms with Crippen molar-refractivity contribution in [2.45, 2.75) is 45.8 Å². The Morgan fingerprint density at radius 3 is 2.29 bits per heavy atom. The van der Waals surface area contributed by atoms with Crippen molar-refractivity contribution in [2.24, 2.45) is 0 Å². The minimum Gasteiger partial charge on any atom is -0.495 e. The lowest BCUT2D eigenvalue weighted by Crippen LogP contribution is -2.52. The van der Waals surface area contributed by atoms with Crippen LogP contribution in [-0.4, -0.2) is 57.1 Å². The number of hydrogen-bond donors (Lipinski definition) is 1. The number of halogens is 1. The molecule has 0 aliphatic carbocycles. The van der Waals surface area contributed by atoms with E-state index in [1.807, 2.05) is 13.8 Å². The number of anilines is 1. The van der Waals surface area contributed by atoms with Crippen molar-refractivity contribution in [3.05, 3.63) is 59.1 Å². The lowest BCUT2D eigenvalue weighted by molar-refractivity contribution is -0.139. The van der Waals surface area contributed by atoms with E-state index >= 15 is 0 Å². The standard InChI is InChI=1S/C24H32ClN3O5S/c1-6-17(2)26-24(30)18(3)27(15-19-11-7-8-12-20(19)25)23(29)16-28(34(5,31)32)21-13-9-10-14-22(21)33-4/h7-14,17-18H,6,15-16H2,1-5H3,(H,26,30)/t17-,18-/m0/s1. The minimum atomic E-state index is -3.85. The molecule has 2 atom stereocenters. The Hall–Kier alpha value is -2.78. The predicted molar refractivity (Wildman–Crippen MR) is 135 cm³/mol. The molecule has 0 bridgehead atoms. The molecule has 0 saturated heterocycles. The number of amides is 2. The van der Waals surface area contributed by atoms with E-state index in [-0.39, 0.29) is 24.2 Å². The Morgan fingerprint density at radius 1 is 1.09 bits per heavy atom. The third kappa shape index (κ3) is 7.11. The van der Waals surface area contributed by atoms with Crippen molar-refractivity contribution in [3.8, 4) is 5.75 Å². The van der Waals surface area contributed by atoms with Crippen LogP contribution >= 0.6 is 11.6 Å². The molecule has 10 heteroatoms. The zero-order valence-electron chi connectivity index (χ0n) is 20.1. The second-order valence-electron chi connectivity index (χ2n) is 8.05. The summed E-state index contributed by atoms with van der Waals surface area (Å²) in [7, 11) is -2.43. The van der Waals surface area contributed by atoms with Gasteiger partial charge in [0.25, 0.3) is 0 Å². The monoisotopic (exact) mass is 509 g/mol. The summed E-state index contributed by atoms with van der Waals surface area (Å²) in [6, 6.07) is 12.6. The first-order valence-corrected chi connectivity index (χ1v) is 13.2. The van der Waals surface area contributed by atoms with Gasteiger partial charge in [0.15, 0.2) is 0 Å². The van der Waals surface area contributed by atoms with Gasteiger partial charge in [-0.1, -0.05) is 48.9 Å². The second-order valence-corrected chi connectivity index (χ2v) is 10.4. The van der Waals surface area contributed by atoms with Crippen molar-refractivity contribution in [1.82, 2.24) is 10.2 Å². The van der Waals surface area contributed by atoms with Crippen LogP contribution in [0.3, 0.4) is 0 Å². The van der Waals surface area contributed by atoms with Crippen LogP contribution in [0, 0.1) is 0 Å². The maximum Gasteiger partial charge on any atom is 0.244 e. The number of benzene rings is 2. The maximum absolute atomic E-state index is 13.5. The van der Waals surface area contributed by atoms with Gasteiger partial charge in [-0.05, 0) is 44.0 Å². The van der Waals surface area contributed by atoms with E-state index in [1.54, 1.807) is 55.5 Å². The van der Waals surface area contributed by atoms with Gasteiger partial charge < -0.3 is 15.0 Å². The first-order valence-electron chi connectivity index (χ1n) is 10.9. The van der Waals surface area contributed by atoms with Gasteiger partial charge in [-0.2, -0.15) is 0 Å². The van der Waals surface area contributed by atoms with E-state index in [2.05, 4.69) is 5.32 Å². The van der Waals surface area contributed by atoms with Crippen LogP contribution in [-0.2, 0) is 26.2 Å². The lowest BCUT2D eigenvalue weighted by Gasteiger charge is -2.32. The molecule has 2 amide bonds. The number of hydrogen-bond acceptors (Lipinski definition) is 5. The average molecular weight is 510 g/mol. The second kappa shape index (κ2) is 12.1. The maximum atomic E-state index is 13.5. The molecule has 0 aliphatic rings. The highest BCUT2D eigenvalue weighted by Gasteiger charge is 2.31. The third-order valence-corrected chi connectivity index (χ3v) is 7.00. The first kappa shape index (κ1) is 27.5. The molecule has 0 radical (unpaired) electrons. The summed E-state index contributed by atoms with van der Waals surface area (Å²) in [6.45, 7) is 4.96. The SMILES string of the molecule is CC[C@H](C)NC(=O)[C@H](C)N(Cc1ccccc1Cl)C(=O)CN(c1ccccc1OC)S(C)(=O)=O. The molecular weight excluding hydrogens is 478 g/mol. The Balaban J connectivity index is 2.44. The third-order valence-electron chi connectivity index (χ3n) is 5.50. The minimum absolute atomic E-state index is 0.0388. The quantitative estimate of drug-likeness (QED) is 0.500. The van der Waals surface area contributed by atoms with Crippen LogP contribution in [0.1, 0.15) is 32.8 Å². The number of carbonyl (C=O) groups is 2. The highest BCUT2D eigenvalue weighted by atomic mass is 35.5. The van der Waals surface area contributed by atoms with Crippen LogP contribution in [0.4, 0.5) is 5.69 Å². The summed E-state index contributed by atoms with van der Waals surface area (Å²) in [5, 5.41) is 3.32. The molecule has 0 spiro atoms. The highest BCUT2D eigenvalue weighted by molar-refractivity contribution is 7.92. The lowest BCUT2D eigenvalue weighted by atomic mass is 10.1. The van der Waals surface area contributed by atoms with E-state index in [1.165, 1.54) is 12.0 Å². The molecular formula is C24H32ClN3O5S. The molecule has 0 fully saturated rings. The van der Waals surface area contributed by atoms with E-state index in [9.17, 15) is 18.0 Å². The smallest absolute Gasteiger partial charge is 0.244 e. The molecule has 0 saturated carbocycles. The van der Waals surface area contributed by atoms with Crippen molar-refractivity contribution < 1.29 is 22.7 Å². The number of rotatable bonds is 11. The Kier molecular flexibility index (Phi) is 9.76. The van der Waals surface area contributed by atoms with E-state index in [4.69, 9.17) is 16.3 Å². The van der Waals surface area contributed by atoms with Crippen molar-refractivity contribution in [1.29, 1.82) is 0 Å². The molecule has 1 N–H and O–H groups in total. The first-order chi connectivity index (χ1) is 16.0. The van der Waals surface area contributed by atoms with Crippen LogP contribution in [0.15, 0.2) is 48.5 Å². The fourth-order valence-corrected chi connectivity index (χ4v) is 4.34. The number of methoxy groups -OCH3 is 1. The van der Waals surface area contributed by atoms with Gasteiger partial charge in [-0.25, -0.2) is 8.42 Å². The fraction of sp³-hybridized carbons (Fsp3) is 0.417. The molecule has 0 heterocycles. The number of nitrogens with one attached hydrogen (secondary N) is 1. The number of carbonyl (C=O) groups excluding carboxylic acids is 2. The zero-order chi connectivity index (χ0) is 25.5. The van der Waals surface area contributed by atoms with Gasteiger partial charge in [-0.3, -0.25) is 13.9 Å².